The summed E-state index contributed by atoms with van der Waals surface area (Å²) in [5, 5.41) is 5.12. The van der Waals surface area contributed by atoms with Crippen molar-refractivity contribution in [2.75, 3.05) is 0 Å². The predicted octanol–water partition coefficient (Wildman–Crippen LogP) is 15.7. The van der Waals surface area contributed by atoms with Crippen LogP contribution in [0.5, 0.6) is 0 Å². The molecule has 1 aliphatic rings. The van der Waals surface area contributed by atoms with Crippen LogP contribution in [0.25, 0.3) is 98.2 Å². The van der Waals surface area contributed by atoms with Crippen LogP contribution in [-0.2, 0) is 5.41 Å². The predicted molar refractivity (Wildman–Crippen MR) is 257 cm³/mol. The van der Waals surface area contributed by atoms with Crippen LogP contribution < -0.4 is 0 Å². The maximum absolute atomic E-state index is 5.23. The minimum atomic E-state index is -0.295. The van der Waals surface area contributed by atoms with Gasteiger partial charge in [-0.05, 0) is 104 Å². The Balaban J connectivity index is 0.905. The molecule has 0 amide bonds. The number of benzene rings is 9. The van der Waals surface area contributed by atoms with Gasteiger partial charge in [0, 0.05) is 42.3 Å². The number of hydrogen-bond donors (Lipinski definition) is 0. The quantitative estimate of drug-likeness (QED) is 0.168. The highest BCUT2D eigenvalue weighted by atomic mass is 32.1. The molecule has 2 nitrogen and oxygen atoms in total. The van der Waals surface area contributed by atoms with Crippen LogP contribution in [0.2, 0.25) is 0 Å². The summed E-state index contributed by atoms with van der Waals surface area (Å²) in [7, 11) is 0. The molecular formula is C58H38N2S. The van der Waals surface area contributed by atoms with E-state index in [0.717, 1.165) is 28.1 Å². The second kappa shape index (κ2) is 14.1. The normalized spacial score (nSPS) is 14.4. The van der Waals surface area contributed by atoms with Crippen LogP contribution in [0.3, 0.4) is 0 Å². The molecule has 0 aliphatic heterocycles. The van der Waals surface area contributed by atoms with E-state index in [4.69, 9.17) is 9.97 Å². The van der Waals surface area contributed by atoms with E-state index in [-0.39, 0.29) is 5.41 Å². The van der Waals surface area contributed by atoms with Crippen LogP contribution in [0.1, 0.15) is 23.6 Å². The fraction of sp³-hybridized carbons (Fsp3) is 0.0345. The van der Waals surface area contributed by atoms with Gasteiger partial charge in [0.1, 0.15) is 0 Å². The van der Waals surface area contributed by atoms with Crippen LogP contribution in [-0.4, -0.2) is 9.97 Å². The smallest absolute Gasteiger partial charge is 0.160 e. The Morgan fingerprint density at radius 1 is 0.377 bits per heavy atom. The van der Waals surface area contributed by atoms with Gasteiger partial charge in [-0.15, -0.1) is 11.3 Å². The van der Waals surface area contributed by atoms with Crippen molar-refractivity contribution in [2.45, 2.75) is 12.3 Å². The molecule has 286 valence electrons. The maximum Gasteiger partial charge on any atom is 0.160 e. The molecule has 2 heterocycles. The summed E-state index contributed by atoms with van der Waals surface area (Å²) in [6.45, 7) is 2.36. The lowest BCUT2D eigenvalue weighted by atomic mass is 9.74. The molecule has 0 saturated carbocycles. The molecule has 9 aromatic carbocycles. The molecule has 1 atom stereocenters. The van der Waals surface area contributed by atoms with Crippen molar-refractivity contribution in [3.8, 4) is 67.3 Å². The summed E-state index contributed by atoms with van der Waals surface area (Å²) in [5.41, 5.74) is 16.0. The number of rotatable bonds is 6. The number of thiophene rings is 1. The van der Waals surface area contributed by atoms with Gasteiger partial charge in [-0.25, -0.2) is 9.97 Å². The summed E-state index contributed by atoms with van der Waals surface area (Å²) < 4.78 is 2.66. The zero-order chi connectivity index (χ0) is 40.5. The Hall–Kier alpha value is -7.46. The van der Waals surface area contributed by atoms with Crippen LogP contribution in [0.15, 0.2) is 212 Å². The van der Waals surface area contributed by atoms with Gasteiger partial charge in [0.05, 0.1) is 11.4 Å². The lowest BCUT2D eigenvalue weighted by molar-refractivity contribution is 0.714. The van der Waals surface area contributed by atoms with E-state index in [0.29, 0.717) is 5.82 Å². The molecular weight excluding hydrogens is 757 g/mol. The van der Waals surface area contributed by atoms with Gasteiger partial charge in [-0.3, -0.25) is 0 Å². The second-order valence-electron chi connectivity index (χ2n) is 16.3. The Morgan fingerprint density at radius 3 is 1.79 bits per heavy atom. The van der Waals surface area contributed by atoms with Crippen molar-refractivity contribution < 1.29 is 0 Å². The first-order valence-electron chi connectivity index (χ1n) is 20.9. The van der Waals surface area contributed by atoms with Crippen molar-refractivity contribution in [3.05, 3.63) is 229 Å². The molecule has 0 saturated heterocycles. The van der Waals surface area contributed by atoms with Gasteiger partial charge in [0.15, 0.2) is 5.82 Å². The highest BCUT2D eigenvalue weighted by Gasteiger charge is 2.40. The molecule has 1 aliphatic carbocycles. The zero-order valence-corrected chi connectivity index (χ0v) is 34.3. The minimum absolute atomic E-state index is 0.295. The SMILES string of the molecule is CC1(c2ccccc2)c2ccccc2-c2ccc(-c3cc(-c4ccc(-c5ccc6cc(-c7cccc8sc9ccccc9c78)ccc6c5)cc4)nc(-c4ccccc4)n3)cc21. The topological polar surface area (TPSA) is 25.8 Å². The summed E-state index contributed by atoms with van der Waals surface area (Å²) >= 11 is 1.87. The first-order valence-corrected chi connectivity index (χ1v) is 21.7. The number of nitrogens with zero attached hydrogens (tertiary/aromatic N) is 2. The lowest BCUT2D eigenvalue weighted by Crippen LogP contribution is -2.22. The van der Waals surface area contributed by atoms with Gasteiger partial charge >= 0.3 is 0 Å². The maximum atomic E-state index is 5.23. The largest absolute Gasteiger partial charge is 0.228 e. The van der Waals surface area contributed by atoms with Crippen molar-refractivity contribution in [2.24, 2.45) is 0 Å². The lowest BCUT2D eigenvalue weighted by Gasteiger charge is -2.28. The van der Waals surface area contributed by atoms with Gasteiger partial charge in [0.25, 0.3) is 0 Å². The van der Waals surface area contributed by atoms with E-state index >= 15 is 0 Å². The van der Waals surface area contributed by atoms with Gasteiger partial charge < -0.3 is 0 Å². The Kier molecular flexibility index (Phi) is 8.19. The first kappa shape index (κ1) is 35.5. The van der Waals surface area contributed by atoms with Crippen molar-refractivity contribution in [1.82, 2.24) is 9.97 Å². The molecule has 0 fully saturated rings. The fourth-order valence-corrected chi connectivity index (χ4v) is 10.8. The molecule has 0 N–H and O–H groups in total. The average molecular weight is 795 g/mol. The van der Waals surface area contributed by atoms with Crippen molar-refractivity contribution >= 4 is 42.3 Å². The highest BCUT2D eigenvalue weighted by Crippen LogP contribution is 2.53. The van der Waals surface area contributed by atoms with Gasteiger partial charge in [0.2, 0.25) is 0 Å². The first-order chi connectivity index (χ1) is 30.1. The summed E-state index contributed by atoms with van der Waals surface area (Å²) in [6.07, 6.45) is 0. The highest BCUT2D eigenvalue weighted by molar-refractivity contribution is 7.25. The van der Waals surface area contributed by atoms with Crippen LogP contribution in [0, 0.1) is 0 Å². The molecule has 61 heavy (non-hydrogen) atoms. The van der Waals surface area contributed by atoms with Gasteiger partial charge in [-0.1, -0.05) is 176 Å². The Bertz CT molecular complexity index is 3480. The average Bonchev–Trinajstić information content (AvgIpc) is 3.85. The number of fused-ring (bicyclic) bond motifs is 7. The summed E-state index contributed by atoms with van der Waals surface area (Å²) in [4.78, 5) is 10.4. The van der Waals surface area contributed by atoms with E-state index in [1.54, 1.807) is 0 Å². The third-order valence-electron chi connectivity index (χ3n) is 12.8. The molecule has 3 heteroatoms. The standard InChI is InChI=1S/C58H38N2S/c1-58(45-15-6-3-7-16-45)50-20-10-8-17-47(50)48-32-31-44(35-51(48)58)53-36-52(59-57(60-53)39-13-4-2-5-14-39)38-25-23-37(24-26-38)40-27-28-42-34-43(30-29-41(42)33-40)46-19-12-22-55-56(46)49-18-9-11-21-54(49)61-55/h2-36H,1H3. The van der Waals surface area contributed by atoms with Crippen molar-refractivity contribution in [1.29, 1.82) is 0 Å². The van der Waals surface area contributed by atoms with Crippen LogP contribution >= 0.6 is 11.3 Å². The van der Waals surface area contributed by atoms with Gasteiger partial charge in [-0.2, -0.15) is 0 Å². The monoisotopic (exact) mass is 794 g/mol. The number of hydrogen-bond acceptors (Lipinski definition) is 3. The van der Waals surface area contributed by atoms with Crippen LogP contribution in [0.4, 0.5) is 0 Å². The third-order valence-corrected chi connectivity index (χ3v) is 13.9. The molecule has 0 spiro atoms. The third kappa shape index (κ3) is 5.84. The Morgan fingerprint density at radius 2 is 0.967 bits per heavy atom. The van der Waals surface area contributed by atoms with E-state index in [9.17, 15) is 0 Å². The van der Waals surface area contributed by atoms with Crippen molar-refractivity contribution in [3.63, 3.8) is 0 Å². The van der Waals surface area contributed by atoms with E-state index in [1.165, 1.54) is 81.0 Å². The summed E-state index contributed by atoms with van der Waals surface area (Å²) in [6, 6.07) is 77.0. The molecule has 0 bridgehead atoms. The molecule has 11 aromatic rings. The van der Waals surface area contributed by atoms with E-state index < -0.39 is 0 Å². The fourth-order valence-electron chi connectivity index (χ4n) is 9.63. The molecule has 12 rings (SSSR count). The summed E-state index contributed by atoms with van der Waals surface area (Å²) in [5.74, 6) is 0.712. The zero-order valence-electron chi connectivity index (χ0n) is 33.5. The molecule has 1 unspecified atom stereocenters. The minimum Gasteiger partial charge on any atom is -0.228 e. The van der Waals surface area contributed by atoms with E-state index in [1.807, 2.05) is 29.5 Å². The Labute approximate surface area is 359 Å². The number of aromatic nitrogens is 2. The second-order valence-corrected chi connectivity index (χ2v) is 17.3. The molecule has 0 radical (unpaired) electrons. The van der Waals surface area contributed by atoms with E-state index in [2.05, 4.69) is 201 Å². The molecule has 2 aromatic heterocycles.